The maximum absolute atomic E-state index is 12.9. The third-order valence-corrected chi connectivity index (χ3v) is 5.82. The number of hydrogen-bond donors (Lipinski definition) is 4. The molecule has 0 radical (unpaired) electrons. The van der Waals surface area contributed by atoms with Gasteiger partial charge in [0, 0.05) is 33.9 Å². The highest BCUT2D eigenvalue weighted by Crippen LogP contribution is 2.50. The fourth-order valence-corrected chi connectivity index (χ4v) is 4.57. The van der Waals surface area contributed by atoms with Crippen LogP contribution in [0.1, 0.15) is 37.0 Å². The summed E-state index contributed by atoms with van der Waals surface area (Å²) in [6.45, 7) is 2.92. The first kappa shape index (κ1) is 17.5. The predicted octanol–water partition coefficient (Wildman–Crippen LogP) is 2.43. The number of fused-ring (bicyclic) bond motifs is 2. The van der Waals surface area contributed by atoms with Crippen LogP contribution in [0.4, 0.5) is 0 Å². The molecular weight excluding hydrogens is 376 g/mol. The van der Waals surface area contributed by atoms with Crippen LogP contribution in [0.5, 0.6) is 11.5 Å². The molecule has 1 heterocycles. The monoisotopic (exact) mass is 392 g/mol. The van der Waals surface area contributed by atoms with Crippen LogP contribution in [-0.4, -0.2) is 20.4 Å². The molecule has 0 bridgehead atoms. The molecule has 0 aliphatic heterocycles. The molecule has 0 amide bonds. The van der Waals surface area contributed by atoms with Gasteiger partial charge in [0.25, 0.3) is 0 Å². The molecule has 4 N–H and O–H groups in total. The lowest BCUT2D eigenvalue weighted by atomic mass is 9.77. The van der Waals surface area contributed by atoms with Gasteiger partial charge in [-0.25, -0.2) is 0 Å². The lowest BCUT2D eigenvalue weighted by Crippen LogP contribution is -2.22. The van der Waals surface area contributed by atoms with Crippen LogP contribution >= 0.6 is 0 Å². The van der Waals surface area contributed by atoms with E-state index < -0.39 is 28.9 Å². The van der Waals surface area contributed by atoms with Crippen LogP contribution < -0.4 is 16.1 Å². The Morgan fingerprint density at radius 1 is 0.931 bits per heavy atom. The smallest absolute Gasteiger partial charge is 0.193 e. The number of phenols is 2. The summed E-state index contributed by atoms with van der Waals surface area (Å²) in [5.74, 6) is -2.07. The summed E-state index contributed by atoms with van der Waals surface area (Å²) < 4.78 is 5.80. The molecule has 0 unspecified atom stereocenters. The number of aliphatic hydroxyl groups is 2. The highest BCUT2D eigenvalue weighted by atomic mass is 16.3. The highest BCUT2D eigenvalue weighted by molar-refractivity contribution is 6.16. The van der Waals surface area contributed by atoms with Crippen molar-refractivity contribution in [3.8, 4) is 11.5 Å². The minimum absolute atomic E-state index is 0.105. The molecule has 1 aliphatic carbocycles. The molecule has 7 nitrogen and oxygen atoms in total. The Morgan fingerprint density at radius 2 is 1.66 bits per heavy atom. The zero-order chi connectivity index (χ0) is 20.8. The van der Waals surface area contributed by atoms with Crippen molar-refractivity contribution >= 4 is 38.5 Å². The van der Waals surface area contributed by atoms with Crippen LogP contribution in [0.3, 0.4) is 0 Å². The Hall–Kier alpha value is -3.58. The molecule has 7 heteroatoms. The molecule has 1 aromatic heterocycles. The third-order valence-electron chi connectivity index (χ3n) is 5.82. The van der Waals surface area contributed by atoms with Gasteiger partial charge < -0.3 is 24.8 Å². The number of rotatable bonds is 0. The van der Waals surface area contributed by atoms with E-state index in [0.717, 1.165) is 0 Å². The van der Waals surface area contributed by atoms with Crippen LogP contribution in [0.2, 0.25) is 0 Å². The maximum atomic E-state index is 12.9. The van der Waals surface area contributed by atoms with E-state index in [1.165, 1.54) is 25.1 Å². The van der Waals surface area contributed by atoms with Gasteiger partial charge >= 0.3 is 0 Å². The number of phenolic OH excluding ortho intramolecular Hbond substituents is 2. The largest absolute Gasteiger partial charge is 0.512 e. The molecule has 5 rings (SSSR count). The quantitative estimate of drug-likeness (QED) is 0.267. The molecular formula is C22H16O7. The summed E-state index contributed by atoms with van der Waals surface area (Å²) in [5, 5.41) is 43.0. The molecule has 0 saturated carbocycles. The van der Waals surface area contributed by atoms with E-state index in [2.05, 4.69) is 0 Å². The first-order chi connectivity index (χ1) is 13.7. The fourth-order valence-electron chi connectivity index (χ4n) is 4.57. The van der Waals surface area contributed by atoms with Crippen molar-refractivity contribution in [1.29, 1.82) is 0 Å². The summed E-state index contributed by atoms with van der Waals surface area (Å²) in [6, 6.07) is 5.64. The molecule has 0 saturated heterocycles. The Kier molecular flexibility index (Phi) is 3.31. The number of hydrogen-bond acceptors (Lipinski definition) is 7. The third kappa shape index (κ3) is 2.00. The first-order valence-electron chi connectivity index (χ1n) is 9.05. The van der Waals surface area contributed by atoms with Crippen LogP contribution in [-0.2, 0) is 0 Å². The Bertz CT molecular complexity index is 1560. The minimum Gasteiger partial charge on any atom is -0.512 e. The molecule has 1 aliphatic rings. The van der Waals surface area contributed by atoms with Gasteiger partial charge in [-0.1, -0.05) is 13.0 Å². The number of aromatic hydroxyl groups is 2. The van der Waals surface area contributed by atoms with Gasteiger partial charge in [-0.05, 0) is 19.1 Å². The van der Waals surface area contributed by atoms with Gasteiger partial charge in [0.05, 0.1) is 22.1 Å². The van der Waals surface area contributed by atoms with Crippen molar-refractivity contribution in [2.75, 3.05) is 0 Å². The standard InChI is InChI=1S/C22H16O7/c1-7-13-18-16(22(28)14(8(2)23)21(13)27)10(25)6-12-17(18)19(20(7)26)15-9(24)4-3-5-11(15)29-12/h3-7,20,23,26-28H,1-2H3/b14-8+/t7-,20+/m0/s1. The van der Waals surface area contributed by atoms with Crippen molar-refractivity contribution in [1.82, 2.24) is 0 Å². The van der Waals surface area contributed by atoms with E-state index in [-0.39, 0.29) is 49.3 Å². The van der Waals surface area contributed by atoms with Crippen molar-refractivity contribution in [2.24, 2.45) is 0 Å². The highest BCUT2D eigenvalue weighted by Gasteiger charge is 2.36. The first-order valence-corrected chi connectivity index (χ1v) is 9.05. The van der Waals surface area contributed by atoms with Crippen molar-refractivity contribution in [2.45, 2.75) is 25.9 Å². The van der Waals surface area contributed by atoms with E-state index in [1.807, 2.05) is 0 Å². The van der Waals surface area contributed by atoms with Gasteiger partial charge in [0.15, 0.2) is 10.9 Å². The fraction of sp³-hybridized carbons (Fsp3) is 0.182. The van der Waals surface area contributed by atoms with Gasteiger partial charge in [-0.2, -0.15) is 0 Å². The summed E-state index contributed by atoms with van der Waals surface area (Å²) in [6.07, 6.45) is -1.18. The van der Waals surface area contributed by atoms with E-state index in [1.54, 1.807) is 13.0 Å². The molecule has 4 aromatic rings. The lowest BCUT2D eigenvalue weighted by molar-refractivity contribution is 0.152. The van der Waals surface area contributed by atoms with Crippen LogP contribution in [0.25, 0.3) is 38.5 Å². The maximum Gasteiger partial charge on any atom is 0.193 e. The Morgan fingerprint density at radius 3 is 2.34 bits per heavy atom. The normalized spacial score (nSPS) is 19.4. The zero-order valence-electron chi connectivity index (χ0n) is 15.5. The van der Waals surface area contributed by atoms with Crippen molar-refractivity contribution in [3.05, 3.63) is 61.1 Å². The van der Waals surface area contributed by atoms with Gasteiger partial charge in [0.2, 0.25) is 0 Å². The van der Waals surface area contributed by atoms with Crippen LogP contribution in [0, 0.1) is 0 Å². The summed E-state index contributed by atoms with van der Waals surface area (Å²) in [5.41, 5.74) is -0.0292. The molecule has 146 valence electrons. The molecule has 0 fully saturated rings. The molecule has 3 aromatic carbocycles. The lowest BCUT2D eigenvalue weighted by Gasteiger charge is -2.30. The molecule has 29 heavy (non-hydrogen) atoms. The van der Waals surface area contributed by atoms with Gasteiger partial charge in [-0.3, -0.25) is 9.59 Å². The second-order valence-electron chi connectivity index (χ2n) is 7.45. The predicted molar refractivity (Wildman–Crippen MR) is 107 cm³/mol. The summed E-state index contributed by atoms with van der Waals surface area (Å²) >= 11 is 0. The van der Waals surface area contributed by atoms with E-state index in [4.69, 9.17) is 4.42 Å². The second-order valence-corrected chi connectivity index (χ2v) is 7.45. The Labute approximate surface area is 162 Å². The average Bonchev–Trinajstić information content (AvgIpc) is 2.64. The topological polar surface area (TPSA) is 128 Å². The van der Waals surface area contributed by atoms with Crippen LogP contribution in [0.15, 0.2) is 38.3 Å². The molecule has 0 spiro atoms. The van der Waals surface area contributed by atoms with Crippen molar-refractivity contribution in [3.63, 3.8) is 0 Å². The summed E-state index contributed by atoms with van der Waals surface area (Å²) in [7, 11) is 0. The van der Waals surface area contributed by atoms with Gasteiger partial charge in [-0.15, -0.1) is 0 Å². The zero-order valence-corrected chi connectivity index (χ0v) is 15.5. The van der Waals surface area contributed by atoms with Crippen molar-refractivity contribution < 1.29 is 24.8 Å². The second kappa shape index (κ2) is 5.48. The average molecular weight is 392 g/mol. The number of benzene rings is 3. The SMILES string of the molecule is C/C(O)=c1/c(O)c2c3c(c1O)c(=O)cc1oc4cccc(=O)c4c(c13)[C@H](O)[C@H]2C. The molecule has 2 atom stereocenters. The minimum atomic E-state index is -1.18. The Balaban J connectivity index is 2.27. The van der Waals surface area contributed by atoms with E-state index in [0.29, 0.717) is 10.9 Å². The van der Waals surface area contributed by atoms with E-state index >= 15 is 0 Å². The van der Waals surface area contributed by atoms with Gasteiger partial charge in [0.1, 0.15) is 28.4 Å². The number of aliphatic hydroxyl groups excluding tert-OH is 2. The van der Waals surface area contributed by atoms with E-state index in [9.17, 15) is 30.0 Å². The summed E-state index contributed by atoms with van der Waals surface area (Å²) in [4.78, 5) is 25.4.